The molecule has 1 unspecified atom stereocenters. The summed E-state index contributed by atoms with van der Waals surface area (Å²) in [7, 11) is 0. The van der Waals surface area contributed by atoms with Gasteiger partial charge in [-0.15, -0.1) is 10.2 Å². The quantitative estimate of drug-likeness (QED) is 0.866. The summed E-state index contributed by atoms with van der Waals surface area (Å²) in [5.74, 6) is 0.00290. The number of hydrogen-bond donors (Lipinski definition) is 1. The van der Waals surface area contributed by atoms with E-state index in [1.807, 2.05) is 11.0 Å². The first-order valence-electron chi connectivity index (χ1n) is 8.59. The summed E-state index contributed by atoms with van der Waals surface area (Å²) in [4.78, 5) is 28.3. The van der Waals surface area contributed by atoms with Crippen molar-refractivity contribution in [2.75, 3.05) is 28.2 Å². The highest BCUT2D eigenvalue weighted by Crippen LogP contribution is 2.34. The smallest absolute Gasteiger partial charge is 0.247 e. The average molecular weight is 392 g/mol. The van der Waals surface area contributed by atoms with Gasteiger partial charge in [-0.05, 0) is 37.5 Å². The molecule has 3 heterocycles. The molecule has 0 saturated carbocycles. The molecule has 2 aromatic rings. The van der Waals surface area contributed by atoms with E-state index in [1.165, 1.54) is 11.3 Å². The Labute approximate surface area is 160 Å². The number of rotatable bonds is 4. The van der Waals surface area contributed by atoms with Gasteiger partial charge >= 0.3 is 0 Å². The van der Waals surface area contributed by atoms with E-state index in [4.69, 9.17) is 11.6 Å². The SMILES string of the molecule is O=C(Nc1cccc(Cl)c1)C1CCCN1c1nnc(N2CCCC2=O)s1. The van der Waals surface area contributed by atoms with Crippen LogP contribution in [0.2, 0.25) is 5.02 Å². The highest BCUT2D eigenvalue weighted by molar-refractivity contribution is 7.19. The van der Waals surface area contributed by atoms with Crippen LogP contribution in [0.1, 0.15) is 25.7 Å². The number of carbonyl (C=O) groups excluding carboxylic acids is 2. The van der Waals surface area contributed by atoms with Gasteiger partial charge in [-0.1, -0.05) is 29.0 Å². The van der Waals surface area contributed by atoms with Crippen molar-refractivity contribution in [3.63, 3.8) is 0 Å². The van der Waals surface area contributed by atoms with E-state index in [1.54, 1.807) is 23.1 Å². The van der Waals surface area contributed by atoms with Crippen molar-refractivity contribution in [3.05, 3.63) is 29.3 Å². The molecule has 0 aliphatic carbocycles. The number of carbonyl (C=O) groups is 2. The minimum absolute atomic E-state index is 0.0845. The summed E-state index contributed by atoms with van der Waals surface area (Å²) in [5, 5.41) is 13.2. The predicted molar refractivity (Wildman–Crippen MR) is 102 cm³/mol. The van der Waals surface area contributed by atoms with Crippen LogP contribution in [0, 0.1) is 0 Å². The van der Waals surface area contributed by atoms with E-state index in [0.717, 1.165) is 25.8 Å². The maximum atomic E-state index is 12.7. The second-order valence-electron chi connectivity index (χ2n) is 6.37. The molecule has 9 heteroatoms. The number of benzene rings is 1. The highest BCUT2D eigenvalue weighted by atomic mass is 35.5. The van der Waals surface area contributed by atoms with Gasteiger partial charge in [0.25, 0.3) is 0 Å². The van der Waals surface area contributed by atoms with Crippen molar-refractivity contribution in [1.29, 1.82) is 0 Å². The lowest BCUT2D eigenvalue weighted by Crippen LogP contribution is -2.39. The molecule has 2 aliphatic heterocycles. The third-order valence-corrected chi connectivity index (χ3v) is 5.82. The number of amides is 2. The molecule has 0 bridgehead atoms. The summed E-state index contributed by atoms with van der Waals surface area (Å²) < 4.78 is 0. The molecule has 2 amide bonds. The Bertz CT molecular complexity index is 842. The second-order valence-corrected chi connectivity index (χ2v) is 7.74. The van der Waals surface area contributed by atoms with E-state index in [2.05, 4.69) is 15.5 Å². The predicted octanol–water partition coefficient (Wildman–Crippen LogP) is 2.93. The molecule has 26 heavy (non-hydrogen) atoms. The van der Waals surface area contributed by atoms with Gasteiger partial charge in [0.2, 0.25) is 22.1 Å². The minimum atomic E-state index is -0.302. The van der Waals surface area contributed by atoms with Crippen LogP contribution in [0.4, 0.5) is 16.0 Å². The largest absolute Gasteiger partial charge is 0.335 e. The number of halogens is 1. The highest BCUT2D eigenvalue weighted by Gasteiger charge is 2.34. The lowest BCUT2D eigenvalue weighted by atomic mass is 10.2. The monoisotopic (exact) mass is 391 g/mol. The number of nitrogens with one attached hydrogen (secondary N) is 1. The molecule has 0 radical (unpaired) electrons. The normalized spacial score (nSPS) is 20.0. The molecule has 1 N–H and O–H groups in total. The fourth-order valence-corrected chi connectivity index (χ4v) is 4.50. The maximum Gasteiger partial charge on any atom is 0.247 e. The van der Waals surface area contributed by atoms with Gasteiger partial charge in [-0.2, -0.15) is 0 Å². The molecule has 136 valence electrons. The Kier molecular flexibility index (Phi) is 4.78. The average Bonchev–Trinajstić information content (AvgIpc) is 3.34. The first-order chi connectivity index (χ1) is 12.6. The lowest BCUT2D eigenvalue weighted by molar-refractivity contribution is -0.117. The van der Waals surface area contributed by atoms with Gasteiger partial charge < -0.3 is 10.2 Å². The molecule has 7 nitrogen and oxygen atoms in total. The van der Waals surface area contributed by atoms with Crippen molar-refractivity contribution in [2.24, 2.45) is 0 Å². The van der Waals surface area contributed by atoms with Crippen LogP contribution in [0.25, 0.3) is 0 Å². The molecule has 0 spiro atoms. The Hall–Kier alpha value is -2.19. The molecule has 2 aliphatic rings. The van der Waals surface area contributed by atoms with E-state index in [0.29, 0.717) is 33.9 Å². The number of hydrogen-bond acceptors (Lipinski definition) is 6. The van der Waals surface area contributed by atoms with Crippen molar-refractivity contribution >= 4 is 50.7 Å². The first kappa shape index (κ1) is 17.2. The fourth-order valence-electron chi connectivity index (χ4n) is 3.34. The zero-order valence-corrected chi connectivity index (χ0v) is 15.6. The summed E-state index contributed by atoms with van der Waals surface area (Å²) in [5.41, 5.74) is 0.676. The third-order valence-electron chi connectivity index (χ3n) is 4.60. The molecule has 2 saturated heterocycles. The van der Waals surface area contributed by atoms with E-state index >= 15 is 0 Å². The van der Waals surface area contributed by atoms with E-state index < -0.39 is 0 Å². The van der Waals surface area contributed by atoms with Crippen LogP contribution in [-0.2, 0) is 9.59 Å². The van der Waals surface area contributed by atoms with Crippen LogP contribution < -0.4 is 15.1 Å². The van der Waals surface area contributed by atoms with Crippen molar-refractivity contribution in [3.8, 4) is 0 Å². The van der Waals surface area contributed by atoms with E-state index in [9.17, 15) is 9.59 Å². The summed E-state index contributed by atoms with van der Waals surface area (Å²) in [6.07, 6.45) is 3.07. The Balaban J connectivity index is 1.49. The first-order valence-corrected chi connectivity index (χ1v) is 9.78. The zero-order chi connectivity index (χ0) is 18.1. The van der Waals surface area contributed by atoms with Crippen LogP contribution in [0.5, 0.6) is 0 Å². The fraction of sp³-hybridized carbons (Fsp3) is 0.412. The number of aromatic nitrogens is 2. The zero-order valence-electron chi connectivity index (χ0n) is 14.0. The number of anilines is 3. The van der Waals surface area contributed by atoms with Crippen LogP contribution in [0.15, 0.2) is 24.3 Å². The Morgan fingerprint density at radius 2 is 2.08 bits per heavy atom. The second kappa shape index (κ2) is 7.20. The molecular formula is C17H18ClN5O2S. The van der Waals surface area contributed by atoms with Gasteiger partial charge in [0.15, 0.2) is 0 Å². The molecule has 4 rings (SSSR count). The van der Waals surface area contributed by atoms with Crippen molar-refractivity contribution in [2.45, 2.75) is 31.7 Å². The van der Waals surface area contributed by atoms with Crippen molar-refractivity contribution in [1.82, 2.24) is 10.2 Å². The molecular weight excluding hydrogens is 374 g/mol. The molecule has 1 atom stereocenters. The van der Waals surface area contributed by atoms with Crippen LogP contribution >= 0.6 is 22.9 Å². The molecule has 2 fully saturated rings. The third kappa shape index (κ3) is 3.39. The van der Waals surface area contributed by atoms with Gasteiger partial charge in [0.1, 0.15) is 6.04 Å². The topological polar surface area (TPSA) is 78.4 Å². The summed E-state index contributed by atoms with van der Waals surface area (Å²) >= 11 is 7.35. The molecule has 1 aromatic heterocycles. The van der Waals surface area contributed by atoms with Gasteiger partial charge in [-0.25, -0.2) is 0 Å². The van der Waals surface area contributed by atoms with E-state index in [-0.39, 0.29) is 17.9 Å². The van der Waals surface area contributed by atoms with Gasteiger partial charge in [0, 0.05) is 30.2 Å². The van der Waals surface area contributed by atoms with Gasteiger partial charge in [-0.3, -0.25) is 14.5 Å². The number of nitrogens with zero attached hydrogens (tertiary/aromatic N) is 4. The lowest BCUT2D eigenvalue weighted by Gasteiger charge is -2.22. The maximum absolute atomic E-state index is 12.7. The standard InChI is InChI=1S/C17H18ClN5O2S/c18-11-4-1-5-12(10-11)19-15(25)13-6-2-8-22(13)16-20-21-17(26-16)23-9-3-7-14(23)24/h1,4-5,10,13H,2-3,6-9H2,(H,19,25). The van der Waals surface area contributed by atoms with Crippen LogP contribution in [0.3, 0.4) is 0 Å². The minimum Gasteiger partial charge on any atom is -0.335 e. The van der Waals surface area contributed by atoms with Crippen LogP contribution in [-0.4, -0.2) is 41.1 Å². The van der Waals surface area contributed by atoms with Crippen molar-refractivity contribution < 1.29 is 9.59 Å². The summed E-state index contributed by atoms with van der Waals surface area (Å²) in [6, 6.07) is 6.80. The molecule has 1 aromatic carbocycles. The Morgan fingerprint density at radius 3 is 2.85 bits per heavy atom. The van der Waals surface area contributed by atoms with Gasteiger partial charge in [0.05, 0.1) is 0 Å². The summed E-state index contributed by atoms with van der Waals surface area (Å²) in [6.45, 7) is 1.43. The Morgan fingerprint density at radius 1 is 1.23 bits per heavy atom.